The highest BCUT2D eigenvalue weighted by molar-refractivity contribution is 7.82. The minimum atomic E-state index is -0.181. The zero-order chi connectivity index (χ0) is 14.4. The van der Waals surface area contributed by atoms with Gasteiger partial charge in [-0.15, -0.1) is 0 Å². The van der Waals surface area contributed by atoms with Crippen molar-refractivity contribution < 1.29 is 4.79 Å². The van der Waals surface area contributed by atoms with E-state index in [0.717, 1.165) is 17.7 Å². The van der Waals surface area contributed by atoms with E-state index in [4.69, 9.17) is 12.2 Å². The van der Waals surface area contributed by atoms with Gasteiger partial charge in [0.15, 0.2) is 0 Å². The van der Waals surface area contributed by atoms with E-state index in [1.807, 2.05) is 61.5 Å². The van der Waals surface area contributed by atoms with E-state index in [0.29, 0.717) is 11.3 Å². The first kappa shape index (κ1) is 14.4. The highest BCUT2D eigenvalue weighted by atomic mass is 32.1. The minimum Gasteiger partial charge on any atom is -0.322 e. The van der Waals surface area contributed by atoms with Crippen molar-refractivity contribution in [2.45, 2.75) is 19.8 Å². The third-order valence-electron chi connectivity index (χ3n) is 3.05. The zero-order valence-corrected chi connectivity index (χ0v) is 12.2. The summed E-state index contributed by atoms with van der Waals surface area (Å²) in [4.78, 5) is 12.4. The first-order valence-corrected chi connectivity index (χ1v) is 7.01. The Kier molecular flexibility index (Phi) is 5.02. The third-order valence-corrected chi connectivity index (χ3v) is 3.44. The Bertz CT molecular complexity index is 590. The number of aryl methyl sites for hydroxylation is 2. The van der Waals surface area contributed by atoms with Crippen LogP contribution in [0.3, 0.4) is 0 Å². The van der Waals surface area contributed by atoms with Gasteiger partial charge < -0.3 is 5.32 Å². The fourth-order valence-corrected chi connectivity index (χ4v) is 2.01. The van der Waals surface area contributed by atoms with E-state index in [2.05, 4.69) is 5.32 Å². The Hall–Kier alpha value is -2.00. The maximum Gasteiger partial charge on any atom is 0.262 e. The Labute approximate surface area is 124 Å². The fraction of sp³-hybridized carbons (Fsp3) is 0.176. The molecule has 0 radical (unpaired) electrons. The Morgan fingerprint density at radius 1 is 1.05 bits per heavy atom. The van der Waals surface area contributed by atoms with Crippen LogP contribution in [0.2, 0.25) is 0 Å². The number of carbonyl (C=O) groups is 1. The predicted molar refractivity (Wildman–Crippen MR) is 87.2 cm³/mol. The van der Waals surface area contributed by atoms with Crippen molar-refractivity contribution >= 4 is 28.7 Å². The van der Waals surface area contributed by atoms with Crippen LogP contribution in [0, 0.1) is 6.92 Å². The number of anilines is 1. The molecule has 0 aliphatic carbocycles. The molecular weight excluding hydrogens is 266 g/mol. The van der Waals surface area contributed by atoms with Crippen molar-refractivity contribution in [3.63, 3.8) is 0 Å². The standard InChI is InChI=1S/C17H17NOS/c1-13-7-10-15(11-8-13)18-17(19)16(20)12-9-14-5-3-2-4-6-14/h2-8,10-11H,9,12H2,1H3,(H,18,19). The number of hydrogen-bond acceptors (Lipinski definition) is 2. The van der Waals surface area contributed by atoms with E-state index < -0.39 is 0 Å². The molecule has 2 rings (SSSR count). The molecule has 20 heavy (non-hydrogen) atoms. The first-order chi connectivity index (χ1) is 9.65. The second kappa shape index (κ2) is 6.96. The molecule has 0 aromatic heterocycles. The molecule has 102 valence electrons. The molecule has 1 N–H and O–H groups in total. The SMILES string of the molecule is Cc1ccc(NC(=O)C(=S)CCc2ccccc2)cc1. The molecule has 0 unspecified atom stereocenters. The lowest BCUT2D eigenvalue weighted by Crippen LogP contribution is -2.21. The average Bonchev–Trinajstić information content (AvgIpc) is 2.48. The molecule has 1 amide bonds. The number of carbonyl (C=O) groups excluding carboxylic acids is 1. The van der Waals surface area contributed by atoms with Gasteiger partial charge in [-0.3, -0.25) is 4.79 Å². The number of amides is 1. The summed E-state index contributed by atoms with van der Waals surface area (Å²) in [7, 11) is 0. The molecule has 0 aliphatic heterocycles. The molecule has 0 aliphatic rings. The highest BCUT2D eigenvalue weighted by Gasteiger charge is 2.09. The van der Waals surface area contributed by atoms with Crippen molar-refractivity contribution in [2.24, 2.45) is 0 Å². The van der Waals surface area contributed by atoms with Crippen LogP contribution in [0.4, 0.5) is 5.69 Å². The number of thiocarbonyl (C=S) groups is 1. The second-order valence-electron chi connectivity index (χ2n) is 4.73. The van der Waals surface area contributed by atoms with E-state index in [9.17, 15) is 4.79 Å². The van der Waals surface area contributed by atoms with Gasteiger partial charge in [0, 0.05) is 5.69 Å². The van der Waals surface area contributed by atoms with Gasteiger partial charge in [-0.1, -0.05) is 60.2 Å². The van der Waals surface area contributed by atoms with Crippen LogP contribution in [0.1, 0.15) is 17.5 Å². The van der Waals surface area contributed by atoms with Crippen LogP contribution in [0.15, 0.2) is 54.6 Å². The molecule has 2 aromatic carbocycles. The van der Waals surface area contributed by atoms with Gasteiger partial charge in [-0.25, -0.2) is 0 Å². The molecular formula is C17H17NOS. The van der Waals surface area contributed by atoms with Crippen LogP contribution in [0.5, 0.6) is 0 Å². The van der Waals surface area contributed by atoms with Gasteiger partial charge in [-0.2, -0.15) is 0 Å². The second-order valence-corrected chi connectivity index (χ2v) is 5.22. The minimum absolute atomic E-state index is 0.181. The number of benzene rings is 2. The highest BCUT2D eigenvalue weighted by Crippen LogP contribution is 2.10. The molecule has 2 nitrogen and oxygen atoms in total. The molecule has 2 aromatic rings. The van der Waals surface area contributed by atoms with Crippen LogP contribution in [-0.2, 0) is 11.2 Å². The number of hydrogen-bond donors (Lipinski definition) is 1. The molecule has 0 fully saturated rings. The zero-order valence-electron chi connectivity index (χ0n) is 11.4. The van der Waals surface area contributed by atoms with Gasteiger partial charge >= 0.3 is 0 Å². The van der Waals surface area contributed by atoms with Gasteiger partial charge in [-0.05, 0) is 37.5 Å². The average molecular weight is 283 g/mol. The topological polar surface area (TPSA) is 29.1 Å². The van der Waals surface area contributed by atoms with Gasteiger partial charge in [0.05, 0.1) is 4.86 Å². The van der Waals surface area contributed by atoms with Crippen LogP contribution >= 0.6 is 12.2 Å². The maximum absolute atomic E-state index is 12.0. The Morgan fingerprint density at radius 2 is 1.70 bits per heavy atom. The molecule has 0 heterocycles. The third kappa shape index (κ3) is 4.28. The normalized spacial score (nSPS) is 10.1. The molecule has 0 spiro atoms. The molecule has 0 bridgehead atoms. The summed E-state index contributed by atoms with van der Waals surface area (Å²) in [6.45, 7) is 2.01. The van der Waals surface area contributed by atoms with Gasteiger partial charge in [0.2, 0.25) is 0 Å². The van der Waals surface area contributed by atoms with E-state index in [1.165, 1.54) is 5.56 Å². The van der Waals surface area contributed by atoms with Crippen molar-refractivity contribution in [3.05, 3.63) is 65.7 Å². The van der Waals surface area contributed by atoms with Crippen LogP contribution in [0.25, 0.3) is 0 Å². The Morgan fingerprint density at radius 3 is 2.35 bits per heavy atom. The lowest BCUT2D eigenvalue weighted by molar-refractivity contribution is -0.110. The lowest BCUT2D eigenvalue weighted by atomic mass is 10.1. The quantitative estimate of drug-likeness (QED) is 0.842. The first-order valence-electron chi connectivity index (χ1n) is 6.60. The van der Waals surface area contributed by atoms with Crippen LogP contribution in [-0.4, -0.2) is 10.8 Å². The summed E-state index contributed by atoms with van der Waals surface area (Å²) in [6.07, 6.45) is 1.39. The predicted octanol–water partition coefficient (Wildman–Crippen LogP) is 3.94. The van der Waals surface area contributed by atoms with Crippen molar-refractivity contribution in [2.75, 3.05) is 5.32 Å². The van der Waals surface area contributed by atoms with Gasteiger partial charge in [0.25, 0.3) is 5.91 Å². The van der Waals surface area contributed by atoms with Crippen LogP contribution < -0.4 is 5.32 Å². The summed E-state index contributed by atoms with van der Waals surface area (Å²) in [5, 5.41) is 2.83. The van der Waals surface area contributed by atoms with Crippen molar-refractivity contribution in [1.29, 1.82) is 0 Å². The van der Waals surface area contributed by atoms with E-state index in [1.54, 1.807) is 0 Å². The van der Waals surface area contributed by atoms with Gasteiger partial charge in [0.1, 0.15) is 0 Å². The summed E-state index contributed by atoms with van der Waals surface area (Å²) in [5.74, 6) is -0.181. The summed E-state index contributed by atoms with van der Waals surface area (Å²) >= 11 is 5.19. The molecule has 0 atom stereocenters. The summed E-state index contributed by atoms with van der Waals surface area (Å²) < 4.78 is 0. The van der Waals surface area contributed by atoms with Crippen molar-refractivity contribution in [1.82, 2.24) is 0 Å². The monoisotopic (exact) mass is 283 g/mol. The van der Waals surface area contributed by atoms with Crippen molar-refractivity contribution in [3.8, 4) is 0 Å². The largest absolute Gasteiger partial charge is 0.322 e. The fourth-order valence-electron chi connectivity index (χ4n) is 1.85. The Balaban J connectivity index is 1.86. The van der Waals surface area contributed by atoms with E-state index >= 15 is 0 Å². The van der Waals surface area contributed by atoms with E-state index in [-0.39, 0.29) is 5.91 Å². The summed E-state index contributed by atoms with van der Waals surface area (Å²) in [6, 6.07) is 17.7. The molecule has 3 heteroatoms. The lowest BCUT2D eigenvalue weighted by Gasteiger charge is -2.07. The summed E-state index contributed by atoms with van der Waals surface area (Å²) in [5.41, 5.74) is 3.13. The number of rotatable bonds is 5. The molecule has 0 saturated carbocycles. The maximum atomic E-state index is 12.0. The smallest absolute Gasteiger partial charge is 0.262 e. The molecule has 0 saturated heterocycles. The number of nitrogens with one attached hydrogen (secondary N) is 1.